The predicted octanol–water partition coefficient (Wildman–Crippen LogP) is 2.05. The molecule has 11 nitrogen and oxygen atoms in total. The van der Waals surface area contributed by atoms with E-state index in [2.05, 4.69) is 4.98 Å². The molecule has 174 valence electrons. The standard InChI is InChI=1S/C22H22N2O9/c1-28-13-6-7-14-16(10-13)24(27)19(22(26)32-5)15(23-14)11-33-21(25)12-8-17(29-2)20(31-4)18(9-12)30-3/h6-10H,11H2,1-5H3. The SMILES string of the molecule is COC(=O)c1c(COC(=O)c2cc(OC)c(OC)c(OC)c2)nc2ccc(OC)cc2[n+]1[O-]. The molecule has 0 bridgehead atoms. The number of hydrogen-bond acceptors (Lipinski definition) is 10. The molecule has 11 heteroatoms. The Morgan fingerprint density at radius 1 is 0.909 bits per heavy atom. The number of rotatable bonds is 8. The van der Waals surface area contributed by atoms with Gasteiger partial charge in [0, 0.05) is 0 Å². The number of hydrogen-bond donors (Lipinski definition) is 0. The molecule has 0 saturated carbocycles. The van der Waals surface area contributed by atoms with Gasteiger partial charge in [0.1, 0.15) is 17.9 Å². The number of aromatic nitrogens is 2. The Hall–Kier alpha value is -4.28. The van der Waals surface area contributed by atoms with Crippen molar-refractivity contribution in [2.24, 2.45) is 0 Å². The molecule has 1 aromatic heterocycles. The summed E-state index contributed by atoms with van der Waals surface area (Å²) in [6.45, 7) is -0.468. The van der Waals surface area contributed by atoms with E-state index in [1.165, 1.54) is 46.6 Å². The maximum atomic E-state index is 12.9. The van der Waals surface area contributed by atoms with E-state index in [4.69, 9.17) is 28.4 Å². The average Bonchev–Trinajstić information content (AvgIpc) is 2.85. The number of nitrogens with zero attached hydrogens (tertiary/aromatic N) is 2. The summed E-state index contributed by atoms with van der Waals surface area (Å²) in [4.78, 5) is 29.3. The van der Waals surface area contributed by atoms with Gasteiger partial charge in [0.15, 0.2) is 17.2 Å². The third-order valence-corrected chi connectivity index (χ3v) is 4.75. The van der Waals surface area contributed by atoms with E-state index in [1.54, 1.807) is 12.1 Å². The van der Waals surface area contributed by atoms with Crippen molar-refractivity contribution in [1.82, 2.24) is 4.98 Å². The monoisotopic (exact) mass is 458 g/mol. The molecule has 0 N–H and O–H groups in total. The second-order valence-electron chi connectivity index (χ2n) is 6.54. The number of fused-ring (bicyclic) bond motifs is 1. The van der Waals surface area contributed by atoms with E-state index in [0.29, 0.717) is 16.2 Å². The first-order chi connectivity index (χ1) is 15.9. The van der Waals surface area contributed by atoms with Gasteiger partial charge in [0.05, 0.1) is 47.2 Å². The van der Waals surface area contributed by atoms with Crippen LogP contribution in [0, 0.1) is 5.21 Å². The molecule has 0 atom stereocenters. The van der Waals surface area contributed by atoms with Crippen molar-refractivity contribution < 1.29 is 42.7 Å². The van der Waals surface area contributed by atoms with E-state index < -0.39 is 24.2 Å². The summed E-state index contributed by atoms with van der Waals surface area (Å²) in [6.07, 6.45) is 0. The minimum absolute atomic E-state index is 0.0738. The molecule has 1 heterocycles. The molecule has 3 aromatic rings. The van der Waals surface area contributed by atoms with E-state index in [1.807, 2.05) is 0 Å². The lowest BCUT2D eigenvalue weighted by atomic mass is 10.2. The molecule has 0 unspecified atom stereocenters. The molecule has 0 fully saturated rings. The molecular weight excluding hydrogens is 436 g/mol. The highest BCUT2D eigenvalue weighted by molar-refractivity contribution is 5.92. The van der Waals surface area contributed by atoms with E-state index in [0.717, 1.165) is 7.11 Å². The summed E-state index contributed by atoms with van der Waals surface area (Å²) in [5, 5.41) is 12.9. The minimum Gasteiger partial charge on any atom is -0.618 e. The summed E-state index contributed by atoms with van der Waals surface area (Å²) in [6, 6.07) is 7.43. The first-order valence-corrected chi connectivity index (χ1v) is 9.54. The van der Waals surface area contributed by atoms with Crippen LogP contribution in [0.15, 0.2) is 30.3 Å². The molecule has 0 aliphatic rings. The molecule has 3 rings (SSSR count). The van der Waals surface area contributed by atoms with Crippen LogP contribution in [-0.4, -0.2) is 52.5 Å². The smallest absolute Gasteiger partial charge is 0.406 e. The van der Waals surface area contributed by atoms with Crippen LogP contribution >= 0.6 is 0 Å². The van der Waals surface area contributed by atoms with Crippen molar-refractivity contribution in [3.8, 4) is 23.0 Å². The van der Waals surface area contributed by atoms with Crippen molar-refractivity contribution in [1.29, 1.82) is 0 Å². The maximum absolute atomic E-state index is 12.9. The summed E-state index contributed by atoms with van der Waals surface area (Å²) in [5.74, 6) is -0.460. The molecule has 0 saturated heterocycles. The number of methoxy groups -OCH3 is 5. The highest BCUT2D eigenvalue weighted by Crippen LogP contribution is 2.38. The molecular formula is C22H22N2O9. The van der Waals surface area contributed by atoms with Gasteiger partial charge in [-0.15, -0.1) is 0 Å². The highest BCUT2D eigenvalue weighted by Gasteiger charge is 2.28. The zero-order chi connectivity index (χ0) is 24.1. The summed E-state index contributed by atoms with van der Waals surface area (Å²) >= 11 is 0. The van der Waals surface area contributed by atoms with Crippen LogP contribution in [-0.2, 0) is 16.1 Å². The van der Waals surface area contributed by atoms with Crippen LogP contribution in [0.2, 0.25) is 0 Å². The zero-order valence-corrected chi connectivity index (χ0v) is 18.7. The van der Waals surface area contributed by atoms with Crippen molar-refractivity contribution >= 4 is 23.0 Å². The fourth-order valence-electron chi connectivity index (χ4n) is 3.14. The molecule has 0 aliphatic heterocycles. The van der Waals surface area contributed by atoms with E-state index in [9.17, 15) is 14.8 Å². The Balaban J connectivity index is 1.98. The lowest BCUT2D eigenvalue weighted by molar-refractivity contribution is -0.581. The molecule has 0 amide bonds. The first-order valence-electron chi connectivity index (χ1n) is 9.54. The summed E-state index contributed by atoms with van der Waals surface area (Å²) in [7, 11) is 6.84. The van der Waals surface area contributed by atoms with Gasteiger partial charge < -0.3 is 33.6 Å². The third kappa shape index (κ3) is 4.52. The van der Waals surface area contributed by atoms with Gasteiger partial charge in [-0.3, -0.25) is 0 Å². The fraction of sp³-hybridized carbons (Fsp3) is 0.273. The van der Waals surface area contributed by atoms with Gasteiger partial charge in [0.25, 0.3) is 0 Å². The summed E-state index contributed by atoms with van der Waals surface area (Å²) < 4.78 is 31.3. The van der Waals surface area contributed by atoms with Crippen LogP contribution in [0.5, 0.6) is 23.0 Å². The third-order valence-electron chi connectivity index (χ3n) is 4.75. The first kappa shape index (κ1) is 23.4. The average molecular weight is 458 g/mol. The van der Waals surface area contributed by atoms with Gasteiger partial charge in [-0.2, -0.15) is 4.73 Å². The molecule has 2 aromatic carbocycles. The Morgan fingerprint density at radius 2 is 1.58 bits per heavy atom. The number of esters is 2. The fourth-order valence-corrected chi connectivity index (χ4v) is 3.14. The maximum Gasteiger partial charge on any atom is 0.406 e. The molecule has 33 heavy (non-hydrogen) atoms. The van der Waals surface area contributed by atoms with Crippen molar-refractivity contribution in [3.63, 3.8) is 0 Å². The van der Waals surface area contributed by atoms with Crippen molar-refractivity contribution in [2.45, 2.75) is 6.61 Å². The molecule has 0 radical (unpaired) electrons. The van der Waals surface area contributed by atoms with Gasteiger partial charge in [-0.25, -0.2) is 14.6 Å². The Bertz CT molecular complexity index is 1190. The number of benzene rings is 2. The van der Waals surface area contributed by atoms with Gasteiger partial charge in [-0.05, 0) is 24.3 Å². The zero-order valence-electron chi connectivity index (χ0n) is 18.7. The number of carbonyl (C=O) groups is 2. The Labute approximate surface area is 188 Å². The Kier molecular flexibility index (Phi) is 7.01. The van der Waals surface area contributed by atoms with Crippen molar-refractivity contribution in [3.05, 3.63) is 52.5 Å². The van der Waals surface area contributed by atoms with Crippen LogP contribution in [0.25, 0.3) is 11.0 Å². The highest BCUT2D eigenvalue weighted by atomic mass is 16.5. The van der Waals surface area contributed by atoms with Crippen molar-refractivity contribution in [2.75, 3.05) is 35.5 Å². The predicted molar refractivity (Wildman–Crippen MR) is 114 cm³/mol. The van der Waals surface area contributed by atoms with Gasteiger partial charge in [0.2, 0.25) is 11.3 Å². The number of ether oxygens (including phenoxy) is 6. The second kappa shape index (κ2) is 9.90. The lowest BCUT2D eigenvalue weighted by Gasteiger charge is -2.14. The second-order valence-corrected chi connectivity index (χ2v) is 6.54. The number of carbonyl (C=O) groups excluding carboxylic acids is 2. The summed E-state index contributed by atoms with van der Waals surface area (Å²) in [5.41, 5.74) is -0.0114. The van der Waals surface area contributed by atoms with E-state index >= 15 is 0 Å². The Morgan fingerprint density at radius 3 is 2.12 bits per heavy atom. The quantitative estimate of drug-likeness (QED) is 0.281. The van der Waals surface area contributed by atoms with Crippen LogP contribution < -0.4 is 23.7 Å². The molecule has 0 aliphatic carbocycles. The van der Waals surface area contributed by atoms with E-state index in [-0.39, 0.29) is 33.8 Å². The topological polar surface area (TPSA) is 129 Å². The van der Waals surface area contributed by atoms with Crippen LogP contribution in [0.4, 0.5) is 0 Å². The van der Waals surface area contributed by atoms with Gasteiger partial charge in [-0.1, -0.05) is 0 Å². The molecule has 0 spiro atoms. The lowest BCUT2D eigenvalue weighted by Crippen LogP contribution is -2.38. The van der Waals surface area contributed by atoms with Crippen LogP contribution in [0.3, 0.4) is 0 Å². The van der Waals surface area contributed by atoms with Gasteiger partial charge >= 0.3 is 17.6 Å². The van der Waals surface area contributed by atoms with Crippen LogP contribution in [0.1, 0.15) is 26.5 Å². The largest absolute Gasteiger partial charge is 0.618 e. The normalized spacial score (nSPS) is 10.5. The minimum atomic E-state index is -0.930.